The average Bonchev–Trinajstić information content (AvgIpc) is 2.52. The first-order chi connectivity index (χ1) is 11.2. The van der Waals surface area contributed by atoms with E-state index in [4.69, 9.17) is 0 Å². The minimum absolute atomic E-state index is 0.0795. The highest BCUT2D eigenvalue weighted by molar-refractivity contribution is 7.89. The molecule has 0 bridgehead atoms. The van der Waals surface area contributed by atoms with Crippen molar-refractivity contribution in [3.63, 3.8) is 0 Å². The summed E-state index contributed by atoms with van der Waals surface area (Å²) >= 11 is 0. The first-order valence-electron chi connectivity index (χ1n) is 8.17. The molecule has 5 nitrogen and oxygen atoms in total. The van der Waals surface area contributed by atoms with E-state index in [2.05, 4.69) is 36.0 Å². The quantitative estimate of drug-likeness (QED) is 0.706. The highest BCUT2D eigenvalue weighted by Crippen LogP contribution is 2.25. The van der Waals surface area contributed by atoms with E-state index in [0.29, 0.717) is 5.92 Å². The Morgan fingerprint density at radius 1 is 1.12 bits per heavy atom. The molecule has 0 aromatic heterocycles. The van der Waals surface area contributed by atoms with E-state index in [1.807, 2.05) is 26.0 Å². The van der Waals surface area contributed by atoms with Crippen LogP contribution in [-0.4, -0.2) is 33.7 Å². The highest BCUT2D eigenvalue weighted by Gasteiger charge is 2.11. The molecule has 1 aromatic rings. The normalized spacial score (nSPS) is 12.7. The molecule has 6 heteroatoms. The first kappa shape index (κ1) is 20.4. The number of rotatable bonds is 8. The lowest BCUT2D eigenvalue weighted by Crippen LogP contribution is -2.32. The van der Waals surface area contributed by atoms with Gasteiger partial charge >= 0.3 is 0 Å². The van der Waals surface area contributed by atoms with Gasteiger partial charge in [0.1, 0.15) is 0 Å². The topological polar surface area (TPSA) is 75.3 Å². The van der Waals surface area contributed by atoms with E-state index in [1.54, 1.807) is 6.08 Å². The van der Waals surface area contributed by atoms with Crippen LogP contribution in [0.3, 0.4) is 0 Å². The smallest absolute Gasteiger partial charge is 0.244 e. The third-order valence-corrected chi connectivity index (χ3v) is 5.16. The van der Waals surface area contributed by atoms with Crippen molar-refractivity contribution in [1.29, 1.82) is 0 Å². The molecule has 0 radical (unpaired) electrons. The fourth-order valence-corrected chi connectivity index (χ4v) is 2.82. The number of carbonyl (C=O) groups is 1. The molecule has 0 aliphatic heterocycles. The van der Waals surface area contributed by atoms with Crippen LogP contribution in [0.5, 0.6) is 0 Å². The molecule has 0 heterocycles. The number of amides is 1. The third-order valence-electron chi connectivity index (χ3n) is 3.80. The molecule has 24 heavy (non-hydrogen) atoms. The van der Waals surface area contributed by atoms with Crippen LogP contribution in [-0.2, 0) is 14.8 Å². The van der Waals surface area contributed by atoms with Crippen LogP contribution >= 0.6 is 0 Å². The summed E-state index contributed by atoms with van der Waals surface area (Å²) in [4.78, 5) is 12.1. The van der Waals surface area contributed by atoms with Gasteiger partial charge in [0.25, 0.3) is 0 Å². The lowest BCUT2D eigenvalue weighted by molar-refractivity contribution is -0.116. The van der Waals surface area contributed by atoms with Gasteiger partial charge in [-0.3, -0.25) is 4.79 Å². The van der Waals surface area contributed by atoms with Gasteiger partial charge in [0.15, 0.2) is 0 Å². The Morgan fingerprint density at radius 3 is 2.17 bits per heavy atom. The Morgan fingerprint density at radius 2 is 1.71 bits per heavy atom. The Labute approximate surface area is 145 Å². The van der Waals surface area contributed by atoms with E-state index < -0.39 is 10.0 Å². The molecule has 1 rings (SSSR count). The van der Waals surface area contributed by atoms with E-state index in [1.165, 1.54) is 12.6 Å². The van der Waals surface area contributed by atoms with Gasteiger partial charge in [-0.1, -0.05) is 52.0 Å². The Bertz CT molecular complexity index is 675. The van der Waals surface area contributed by atoms with Crippen molar-refractivity contribution in [2.45, 2.75) is 33.6 Å². The molecule has 0 fully saturated rings. The number of benzene rings is 1. The van der Waals surface area contributed by atoms with Gasteiger partial charge in [0.2, 0.25) is 15.9 Å². The monoisotopic (exact) mass is 352 g/mol. The van der Waals surface area contributed by atoms with Crippen LogP contribution in [0.4, 0.5) is 0 Å². The molecular weight excluding hydrogens is 324 g/mol. The van der Waals surface area contributed by atoms with Crippen LogP contribution in [0, 0.1) is 5.92 Å². The Hall–Kier alpha value is -1.66. The summed E-state index contributed by atoms with van der Waals surface area (Å²) in [5.41, 5.74) is 3.19. The minimum atomic E-state index is -3.31. The van der Waals surface area contributed by atoms with Gasteiger partial charge in [0.05, 0.1) is 5.75 Å². The molecule has 2 N–H and O–H groups in total. The van der Waals surface area contributed by atoms with Crippen LogP contribution < -0.4 is 10.0 Å². The largest absolute Gasteiger partial charge is 0.351 e. The average molecular weight is 353 g/mol. The second kappa shape index (κ2) is 8.99. The van der Waals surface area contributed by atoms with Gasteiger partial charge in [-0.05, 0) is 35.6 Å². The predicted molar refractivity (Wildman–Crippen MR) is 99.2 cm³/mol. The van der Waals surface area contributed by atoms with Crippen LogP contribution in [0.2, 0.25) is 0 Å². The van der Waals surface area contributed by atoms with Crippen molar-refractivity contribution in [2.75, 3.05) is 19.3 Å². The fraction of sp³-hybridized carbons (Fsp3) is 0.500. The molecular formula is C18H28N2O3S. The van der Waals surface area contributed by atoms with Crippen molar-refractivity contribution in [3.05, 3.63) is 41.5 Å². The van der Waals surface area contributed by atoms with Crippen LogP contribution in [0.1, 0.15) is 44.7 Å². The summed E-state index contributed by atoms with van der Waals surface area (Å²) in [6, 6.07) is 8.21. The lowest BCUT2D eigenvalue weighted by atomic mass is 9.92. The summed E-state index contributed by atoms with van der Waals surface area (Å²) in [5, 5.41) is 2.62. The van der Waals surface area contributed by atoms with E-state index in [0.717, 1.165) is 11.1 Å². The van der Waals surface area contributed by atoms with Gasteiger partial charge in [0, 0.05) is 12.6 Å². The number of sulfonamides is 1. The zero-order valence-corrected chi connectivity index (χ0v) is 15.9. The number of allylic oxidation sites excluding steroid dienone is 1. The number of carbonyl (C=O) groups excluding carboxylic acids is 1. The maximum atomic E-state index is 12.1. The molecule has 0 atom stereocenters. The SMILES string of the molecule is CNS(=O)(=O)CCNC(=O)/C=C(/c1ccc(C(C)C)cc1)C(C)C. The number of hydrogen-bond acceptors (Lipinski definition) is 3. The second-order valence-electron chi connectivity index (χ2n) is 6.35. The summed E-state index contributed by atoms with van der Waals surface area (Å²) < 4.78 is 24.9. The van der Waals surface area contributed by atoms with Gasteiger partial charge in [-0.15, -0.1) is 0 Å². The maximum Gasteiger partial charge on any atom is 0.244 e. The fourth-order valence-electron chi connectivity index (χ4n) is 2.25. The summed E-state index contributed by atoms with van der Waals surface area (Å²) in [6.45, 7) is 8.42. The Kier molecular flexibility index (Phi) is 7.63. The molecule has 0 aliphatic rings. The molecule has 1 aromatic carbocycles. The lowest BCUT2D eigenvalue weighted by Gasteiger charge is -2.14. The zero-order chi connectivity index (χ0) is 18.3. The predicted octanol–water partition coefficient (Wildman–Crippen LogP) is 2.51. The van der Waals surface area contributed by atoms with Crippen molar-refractivity contribution < 1.29 is 13.2 Å². The summed E-state index contributed by atoms with van der Waals surface area (Å²) in [5.74, 6) is 0.228. The third kappa shape index (κ3) is 6.45. The van der Waals surface area contributed by atoms with E-state index >= 15 is 0 Å². The molecule has 134 valence electrons. The first-order valence-corrected chi connectivity index (χ1v) is 9.82. The molecule has 0 spiro atoms. The van der Waals surface area contributed by atoms with Crippen molar-refractivity contribution in [2.24, 2.45) is 5.92 Å². The van der Waals surface area contributed by atoms with E-state index in [9.17, 15) is 13.2 Å². The summed E-state index contributed by atoms with van der Waals surface area (Å²) in [7, 11) is -1.95. The summed E-state index contributed by atoms with van der Waals surface area (Å²) in [6.07, 6.45) is 1.56. The van der Waals surface area contributed by atoms with Crippen LogP contribution in [0.25, 0.3) is 5.57 Å². The van der Waals surface area contributed by atoms with Gasteiger partial charge < -0.3 is 5.32 Å². The maximum absolute atomic E-state index is 12.1. The minimum Gasteiger partial charge on any atom is -0.351 e. The number of hydrogen-bond donors (Lipinski definition) is 2. The molecule has 0 unspecified atom stereocenters. The standard InChI is InChI=1S/C18H28N2O3S/c1-13(2)15-6-8-16(9-7-15)17(14(3)4)12-18(21)20-10-11-24(22,23)19-5/h6-9,12-14,19H,10-11H2,1-5H3,(H,20,21)/b17-12+. The number of nitrogens with one attached hydrogen (secondary N) is 2. The Balaban J connectivity index is 2.83. The highest BCUT2D eigenvalue weighted by atomic mass is 32.2. The van der Waals surface area contributed by atoms with Crippen molar-refractivity contribution in [1.82, 2.24) is 10.0 Å². The molecule has 0 aliphatic carbocycles. The van der Waals surface area contributed by atoms with Crippen molar-refractivity contribution in [3.8, 4) is 0 Å². The van der Waals surface area contributed by atoms with Gasteiger partial charge in [-0.2, -0.15) is 0 Å². The molecule has 0 saturated heterocycles. The van der Waals surface area contributed by atoms with E-state index in [-0.39, 0.29) is 24.1 Å². The van der Waals surface area contributed by atoms with Crippen LogP contribution in [0.15, 0.2) is 30.3 Å². The molecule has 0 saturated carbocycles. The second-order valence-corrected chi connectivity index (χ2v) is 8.39. The zero-order valence-electron chi connectivity index (χ0n) is 15.1. The molecule has 1 amide bonds. The van der Waals surface area contributed by atoms with Crippen molar-refractivity contribution >= 4 is 21.5 Å². The van der Waals surface area contributed by atoms with Gasteiger partial charge in [-0.25, -0.2) is 13.1 Å².